The first-order valence-corrected chi connectivity index (χ1v) is 5.33. The quantitative estimate of drug-likeness (QED) is 0.559. The second-order valence-electron chi connectivity index (χ2n) is 3.82. The highest BCUT2D eigenvalue weighted by atomic mass is 35.5. The van der Waals surface area contributed by atoms with Crippen molar-refractivity contribution in [3.8, 4) is 11.5 Å². The van der Waals surface area contributed by atoms with Gasteiger partial charge in [0.1, 0.15) is 0 Å². The van der Waals surface area contributed by atoms with Crippen molar-refractivity contribution in [1.29, 1.82) is 0 Å². The van der Waals surface area contributed by atoms with E-state index >= 15 is 0 Å². The number of phenolic OH excluding ortho intramolecular Hbond substituents is 2. The zero-order valence-corrected chi connectivity index (χ0v) is 10.8. The maximum atomic E-state index is 11.7. The minimum Gasteiger partial charge on any atom is -0.504 e. The number of nitrogens with one attached hydrogen (secondary N) is 1. The maximum absolute atomic E-state index is 11.7. The molecule has 5 heteroatoms. The first-order valence-electron chi connectivity index (χ1n) is 5.33. The Morgan fingerprint density at radius 1 is 1.35 bits per heavy atom. The summed E-state index contributed by atoms with van der Waals surface area (Å²) in [7, 11) is 0. The molecule has 0 heterocycles. The zero-order chi connectivity index (χ0) is 12.1. The molecule has 0 spiro atoms. The van der Waals surface area contributed by atoms with E-state index in [0.717, 1.165) is 6.42 Å². The molecule has 0 aliphatic heterocycles. The van der Waals surface area contributed by atoms with Gasteiger partial charge in [0.25, 0.3) is 0 Å². The molecule has 3 N–H and O–H groups in total. The summed E-state index contributed by atoms with van der Waals surface area (Å²) in [6.07, 6.45) is 0.952. The first-order chi connectivity index (χ1) is 7.54. The van der Waals surface area contributed by atoms with E-state index in [1.807, 2.05) is 13.8 Å². The predicted molar refractivity (Wildman–Crippen MR) is 69.1 cm³/mol. The number of aromatic hydroxyl groups is 2. The van der Waals surface area contributed by atoms with Crippen LogP contribution in [0.4, 0.5) is 0 Å². The molecular weight excluding hydrogens is 242 g/mol. The van der Waals surface area contributed by atoms with E-state index in [9.17, 15) is 9.90 Å². The van der Waals surface area contributed by atoms with Gasteiger partial charge < -0.3 is 15.5 Å². The van der Waals surface area contributed by atoms with Crippen molar-refractivity contribution in [1.82, 2.24) is 5.32 Å². The molecule has 1 aromatic rings. The number of hydrogen-bond donors (Lipinski definition) is 3. The number of carbonyl (C=O) groups excluding carboxylic acids is 1. The van der Waals surface area contributed by atoms with E-state index in [0.29, 0.717) is 5.56 Å². The lowest BCUT2D eigenvalue weighted by atomic mass is 10.1. The van der Waals surface area contributed by atoms with Crippen molar-refractivity contribution in [2.75, 3.05) is 6.54 Å². The van der Waals surface area contributed by atoms with Crippen LogP contribution in [0.25, 0.3) is 0 Å². The lowest BCUT2D eigenvalue weighted by Gasteiger charge is -2.10. The van der Waals surface area contributed by atoms with Crippen molar-refractivity contribution in [2.45, 2.75) is 26.3 Å². The van der Waals surface area contributed by atoms with E-state index < -0.39 is 0 Å². The van der Waals surface area contributed by atoms with Crippen LogP contribution in [0.2, 0.25) is 0 Å². The van der Waals surface area contributed by atoms with Gasteiger partial charge in [0.15, 0.2) is 17.3 Å². The van der Waals surface area contributed by atoms with Gasteiger partial charge in [-0.3, -0.25) is 4.79 Å². The topological polar surface area (TPSA) is 69.6 Å². The number of carbonyl (C=O) groups is 1. The van der Waals surface area contributed by atoms with Crippen LogP contribution < -0.4 is 5.32 Å². The third kappa shape index (κ3) is 4.63. The highest BCUT2D eigenvalue weighted by Crippen LogP contribution is 2.24. The van der Waals surface area contributed by atoms with Gasteiger partial charge in [-0.15, -0.1) is 12.4 Å². The van der Waals surface area contributed by atoms with E-state index in [2.05, 4.69) is 5.32 Å². The van der Waals surface area contributed by atoms with Crippen molar-refractivity contribution in [2.24, 2.45) is 0 Å². The Labute approximate surface area is 107 Å². The molecule has 0 aliphatic carbocycles. The molecule has 96 valence electrons. The van der Waals surface area contributed by atoms with Gasteiger partial charge in [0.2, 0.25) is 0 Å². The van der Waals surface area contributed by atoms with Gasteiger partial charge in [0.05, 0.1) is 6.54 Å². The zero-order valence-electron chi connectivity index (χ0n) is 9.93. The second kappa shape index (κ2) is 7.14. The van der Waals surface area contributed by atoms with E-state index in [1.54, 1.807) is 0 Å². The number of ketones is 1. The Morgan fingerprint density at radius 3 is 2.53 bits per heavy atom. The molecule has 0 fully saturated rings. The highest BCUT2D eigenvalue weighted by molar-refractivity contribution is 5.98. The summed E-state index contributed by atoms with van der Waals surface area (Å²) in [6, 6.07) is 4.37. The molecule has 1 aromatic carbocycles. The van der Waals surface area contributed by atoms with Crippen LogP contribution in [0.15, 0.2) is 18.2 Å². The van der Waals surface area contributed by atoms with Gasteiger partial charge in [-0.05, 0) is 31.5 Å². The summed E-state index contributed by atoms with van der Waals surface area (Å²) in [5.41, 5.74) is 0.395. The summed E-state index contributed by atoms with van der Waals surface area (Å²) < 4.78 is 0. The maximum Gasteiger partial charge on any atom is 0.176 e. The number of halogens is 1. The monoisotopic (exact) mass is 259 g/mol. The van der Waals surface area contributed by atoms with Crippen molar-refractivity contribution < 1.29 is 15.0 Å². The third-order valence-electron chi connectivity index (χ3n) is 2.52. The van der Waals surface area contributed by atoms with Crippen LogP contribution in [-0.4, -0.2) is 28.6 Å². The minimum atomic E-state index is -0.269. The Balaban J connectivity index is 0.00000256. The number of hydrogen-bond acceptors (Lipinski definition) is 4. The molecule has 1 rings (SSSR count). The molecule has 0 bridgehead atoms. The Hall–Kier alpha value is -1.26. The number of rotatable bonds is 5. The third-order valence-corrected chi connectivity index (χ3v) is 2.52. The lowest BCUT2D eigenvalue weighted by Crippen LogP contribution is -2.30. The standard InChI is InChI=1S/C12H17NO3.ClH/c1-3-8(2)13-7-12(16)9-4-5-10(14)11(15)6-9;/h4-6,8,13-15H,3,7H2,1-2H3;1H. The van der Waals surface area contributed by atoms with E-state index in [1.165, 1.54) is 18.2 Å². The summed E-state index contributed by atoms with van der Waals surface area (Å²) >= 11 is 0. The van der Waals surface area contributed by atoms with Crippen LogP contribution in [0, 0.1) is 0 Å². The predicted octanol–water partition coefficient (Wildman–Crippen LogP) is 2.09. The van der Waals surface area contributed by atoms with E-state index in [-0.39, 0.29) is 42.3 Å². The summed E-state index contributed by atoms with van der Waals surface area (Å²) in [4.78, 5) is 11.7. The Kier molecular flexibility index (Phi) is 6.61. The van der Waals surface area contributed by atoms with Crippen LogP contribution >= 0.6 is 12.4 Å². The summed E-state index contributed by atoms with van der Waals surface area (Å²) in [6.45, 7) is 4.27. The van der Waals surface area contributed by atoms with Gasteiger partial charge in [0, 0.05) is 11.6 Å². The molecule has 0 aromatic heterocycles. The summed E-state index contributed by atoms with van der Waals surface area (Å²) in [5, 5.41) is 21.4. The molecule has 4 nitrogen and oxygen atoms in total. The highest BCUT2D eigenvalue weighted by Gasteiger charge is 2.09. The average Bonchev–Trinajstić information content (AvgIpc) is 2.29. The minimum absolute atomic E-state index is 0. The average molecular weight is 260 g/mol. The number of phenols is 2. The number of Topliss-reactive ketones (excluding diaryl/α,β-unsaturated/α-hetero) is 1. The van der Waals surface area contributed by atoms with Crippen LogP contribution in [0.5, 0.6) is 11.5 Å². The van der Waals surface area contributed by atoms with Gasteiger partial charge in [-0.2, -0.15) is 0 Å². The molecule has 0 saturated heterocycles. The fourth-order valence-corrected chi connectivity index (χ4v) is 1.21. The summed E-state index contributed by atoms with van der Waals surface area (Å²) in [5.74, 6) is -0.587. The second-order valence-corrected chi connectivity index (χ2v) is 3.82. The molecule has 1 atom stereocenters. The molecule has 17 heavy (non-hydrogen) atoms. The normalized spacial score (nSPS) is 11.6. The van der Waals surface area contributed by atoms with Gasteiger partial charge in [-0.25, -0.2) is 0 Å². The van der Waals surface area contributed by atoms with Crippen molar-refractivity contribution >= 4 is 18.2 Å². The SMILES string of the molecule is CCC(C)NCC(=O)c1ccc(O)c(O)c1.Cl. The van der Waals surface area contributed by atoms with Gasteiger partial charge >= 0.3 is 0 Å². The van der Waals surface area contributed by atoms with Crippen LogP contribution in [0.3, 0.4) is 0 Å². The van der Waals surface area contributed by atoms with Crippen LogP contribution in [-0.2, 0) is 0 Å². The van der Waals surface area contributed by atoms with Crippen LogP contribution in [0.1, 0.15) is 30.6 Å². The Morgan fingerprint density at radius 2 is 2.00 bits per heavy atom. The largest absolute Gasteiger partial charge is 0.504 e. The molecular formula is C12H18ClNO3. The number of benzene rings is 1. The van der Waals surface area contributed by atoms with Crippen molar-refractivity contribution in [3.05, 3.63) is 23.8 Å². The molecule has 0 saturated carbocycles. The van der Waals surface area contributed by atoms with Crippen molar-refractivity contribution in [3.63, 3.8) is 0 Å². The molecule has 0 aliphatic rings. The fraction of sp³-hybridized carbons (Fsp3) is 0.417. The molecule has 1 unspecified atom stereocenters. The lowest BCUT2D eigenvalue weighted by molar-refractivity contribution is 0.0987. The molecule has 0 radical (unpaired) electrons. The fourth-order valence-electron chi connectivity index (χ4n) is 1.21. The molecule has 0 amide bonds. The first kappa shape index (κ1) is 15.7. The van der Waals surface area contributed by atoms with E-state index in [4.69, 9.17) is 5.11 Å². The smallest absolute Gasteiger partial charge is 0.176 e. The van der Waals surface area contributed by atoms with Gasteiger partial charge in [-0.1, -0.05) is 6.92 Å². The Bertz CT molecular complexity index is 382.